The molecular weight excluding hydrogens is 424 g/mol. The van der Waals surface area contributed by atoms with Crippen LogP contribution in [0.5, 0.6) is 5.75 Å². The van der Waals surface area contributed by atoms with Gasteiger partial charge in [-0.2, -0.15) is 10.2 Å². The Morgan fingerprint density at radius 3 is 2.71 bits per heavy atom. The normalized spacial score (nSPS) is 16.3. The van der Waals surface area contributed by atoms with Crippen LogP contribution in [-0.2, 0) is 6.54 Å². The molecule has 1 aliphatic rings. The molecule has 172 valence electrons. The van der Waals surface area contributed by atoms with E-state index < -0.39 is 0 Å². The van der Waals surface area contributed by atoms with Gasteiger partial charge in [-0.05, 0) is 67.3 Å². The maximum absolute atomic E-state index is 9.55. The lowest BCUT2D eigenvalue weighted by Crippen LogP contribution is -2.19. The van der Waals surface area contributed by atoms with Gasteiger partial charge < -0.3 is 9.26 Å². The van der Waals surface area contributed by atoms with Gasteiger partial charge in [-0.15, -0.1) is 0 Å². The zero-order valence-electron chi connectivity index (χ0n) is 19.8. The molecule has 0 bridgehead atoms. The van der Waals surface area contributed by atoms with Crippen LogP contribution in [0.1, 0.15) is 38.3 Å². The molecule has 2 heterocycles. The lowest BCUT2D eigenvalue weighted by Gasteiger charge is -2.17. The van der Waals surface area contributed by atoms with Gasteiger partial charge >= 0.3 is 0 Å². The number of fused-ring (bicyclic) bond motifs is 1. The molecule has 0 saturated carbocycles. The van der Waals surface area contributed by atoms with E-state index in [0.29, 0.717) is 28.6 Å². The summed E-state index contributed by atoms with van der Waals surface area (Å²) >= 11 is 0. The Labute approximate surface area is 199 Å². The predicted octanol–water partition coefficient (Wildman–Crippen LogP) is 6.06. The molecule has 4 aromatic rings. The first kappa shape index (κ1) is 22.1. The van der Waals surface area contributed by atoms with Gasteiger partial charge in [0.1, 0.15) is 11.8 Å². The highest BCUT2D eigenvalue weighted by atomic mass is 16.5. The van der Waals surface area contributed by atoms with Gasteiger partial charge in [0.05, 0.1) is 11.7 Å². The predicted molar refractivity (Wildman–Crippen MR) is 132 cm³/mol. The van der Waals surface area contributed by atoms with Crippen molar-refractivity contribution in [1.29, 1.82) is 5.26 Å². The number of likely N-dealkylation sites (tertiary alicyclic amines) is 1. The van der Waals surface area contributed by atoms with Gasteiger partial charge in [-0.1, -0.05) is 48.5 Å². The van der Waals surface area contributed by atoms with E-state index in [-0.39, 0.29) is 6.10 Å². The summed E-state index contributed by atoms with van der Waals surface area (Å²) in [4.78, 5) is 7.20. The monoisotopic (exact) mass is 452 g/mol. The van der Waals surface area contributed by atoms with Crippen molar-refractivity contribution >= 4 is 10.8 Å². The number of aromatic nitrogens is 2. The molecule has 6 heteroatoms. The molecule has 0 amide bonds. The van der Waals surface area contributed by atoms with Gasteiger partial charge in [-0.3, -0.25) is 4.90 Å². The Hall–Kier alpha value is -3.69. The van der Waals surface area contributed by atoms with Crippen molar-refractivity contribution in [2.24, 2.45) is 5.92 Å². The summed E-state index contributed by atoms with van der Waals surface area (Å²) < 4.78 is 11.3. The maximum atomic E-state index is 9.55. The maximum Gasteiger partial charge on any atom is 0.258 e. The van der Waals surface area contributed by atoms with E-state index in [0.717, 1.165) is 36.5 Å². The SMILES string of the molecule is CC1CCN(Cc2ccc(-c3noc(-c4ccc(OC(C)C)c(C#N)c4)n3)c3ccccc23)C1. The third kappa shape index (κ3) is 4.40. The van der Waals surface area contributed by atoms with E-state index in [1.165, 1.54) is 17.4 Å². The third-order valence-electron chi connectivity index (χ3n) is 6.29. The second-order valence-electron chi connectivity index (χ2n) is 9.36. The average Bonchev–Trinajstić information content (AvgIpc) is 3.48. The Balaban J connectivity index is 1.47. The Morgan fingerprint density at radius 2 is 1.97 bits per heavy atom. The molecule has 1 unspecified atom stereocenters. The zero-order valence-corrected chi connectivity index (χ0v) is 19.8. The summed E-state index contributed by atoms with van der Waals surface area (Å²) in [7, 11) is 0. The van der Waals surface area contributed by atoms with Crippen molar-refractivity contribution in [1.82, 2.24) is 15.0 Å². The molecule has 0 N–H and O–H groups in total. The number of rotatable bonds is 6. The van der Waals surface area contributed by atoms with Gasteiger partial charge in [0.2, 0.25) is 5.82 Å². The minimum absolute atomic E-state index is 0.0157. The summed E-state index contributed by atoms with van der Waals surface area (Å²) in [5.74, 6) is 2.22. The lowest BCUT2D eigenvalue weighted by molar-refractivity contribution is 0.241. The first-order chi connectivity index (χ1) is 16.5. The highest BCUT2D eigenvalue weighted by Crippen LogP contribution is 2.33. The van der Waals surface area contributed by atoms with Gasteiger partial charge in [0.25, 0.3) is 5.89 Å². The molecule has 1 saturated heterocycles. The van der Waals surface area contributed by atoms with Crippen molar-refractivity contribution in [3.05, 3.63) is 65.7 Å². The third-order valence-corrected chi connectivity index (χ3v) is 6.29. The topological polar surface area (TPSA) is 75.2 Å². The fraction of sp³-hybridized carbons (Fsp3) is 0.321. The van der Waals surface area contributed by atoms with Crippen LogP contribution >= 0.6 is 0 Å². The Morgan fingerprint density at radius 1 is 1.15 bits per heavy atom. The van der Waals surface area contributed by atoms with Crippen molar-refractivity contribution in [2.75, 3.05) is 13.1 Å². The smallest absolute Gasteiger partial charge is 0.258 e. The number of benzene rings is 3. The summed E-state index contributed by atoms with van der Waals surface area (Å²) in [6.45, 7) is 9.43. The summed E-state index contributed by atoms with van der Waals surface area (Å²) in [6, 6.07) is 20.2. The van der Waals surface area contributed by atoms with Crippen LogP contribution in [0, 0.1) is 17.2 Å². The minimum atomic E-state index is -0.0157. The molecule has 0 radical (unpaired) electrons. The average molecular weight is 453 g/mol. The molecule has 0 aliphatic carbocycles. The second kappa shape index (κ2) is 9.28. The fourth-order valence-corrected chi connectivity index (χ4v) is 4.66. The van der Waals surface area contributed by atoms with E-state index >= 15 is 0 Å². The van der Waals surface area contributed by atoms with Crippen LogP contribution in [0.4, 0.5) is 0 Å². The molecule has 5 rings (SSSR count). The standard InChI is InChI=1S/C28H28N4O2/c1-18(2)33-26-11-9-20(14-22(26)15-29)28-30-27(31-34-28)25-10-8-21(17-32-13-12-19(3)16-32)23-6-4-5-7-24(23)25/h4-11,14,18-19H,12-13,16-17H2,1-3H3. The first-order valence-electron chi connectivity index (χ1n) is 11.8. The van der Waals surface area contributed by atoms with Gasteiger partial charge in [0.15, 0.2) is 0 Å². The number of ether oxygens (including phenoxy) is 1. The number of nitriles is 1. The molecule has 34 heavy (non-hydrogen) atoms. The first-order valence-corrected chi connectivity index (χ1v) is 11.8. The highest BCUT2D eigenvalue weighted by Gasteiger charge is 2.21. The molecule has 6 nitrogen and oxygen atoms in total. The van der Waals surface area contributed by atoms with Crippen LogP contribution in [-0.4, -0.2) is 34.2 Å². The van der Waals surface area contributed by atoms with E-state index in [4.69, 9.17) is 9.26 Å². The van der Waals surface area contributed by atoms with Crippen LogP contribution in [0.2, 0.25) is 0 Å². The van der Waals surface area contributed by atoms with Crippen molar-refractivity contribution in [3.63, 3.8) is 0 Å². The highest BCUT2D eigenvalue weighted by molar-refractivity contribution is 5.97. The van der Waals surface area contributed by atoms with Gasteiger partial charge in [0, 0.05) is 24.2 Å². The molecular formula is C28H28N4O2. The molecule has 1 aliphatic heterocycles. The summed E-state index contributed by atoms with van der Waals surface area (Å²) in [6.07, 6.45) is 1.25. The van der Waals surface area contributed by atoms with Crippen LogP contribution < -0.4 is 4.74 Å². The molecule has 1 aromatic heterocycles. The van der Waals surface area contributed by atoms with Crippen molar-refractivity contribution in [2.45, 2.75) is 39.8 Å². The Bertz CT molecular complexity index is 1370. The van der Waals surface area contributed by atoms with Crippen LogP contribution in [0.3, 0.4) is 0 Å². The van der Waals surface area contributed by atoms with Crippen LogP contribution in [0.15, 0.2) is 59.1 Å². The van der Waals surface area contributed by atoms with Crippen molar-refractivity contribution < 1.29 is 9.26 Å². The number of hydrogen-bond donors (Lipinski definition) is 0. The molecule has 1 fully saturated rings. The van der Waals surface area contributed by atoms with E-state index in [9.17, 15) is 5.26 Å². The quantitative estimate of drug-likeness (QED) is 0.354. The largest absolute Gasteiger partial charge is 0.490 e. The van der Waals surface area contributed by atoms with Crippen molar-refractivity contribution in [3.8, 4) is 34.7 Å². The zero-order chi connectivity index (χ0) is 23.7. The Kier molecular flexibility index (Phi) is 6.04. The van der Waals surface area contributed by atoms with E-state index in [1.54, 1.807) is 12.1 Å². The van der Waals surface area contributed by atoms with E-state index in [1.807, 2.05) is 26.0 Å². The van der Waals surface area contributed by atoms with Gasteiger partial charge in [-0.25, -0.2) is 0 Å². The van der Waals surface area contributed by atoms with Crippen LogP contribution in [0.25, 0.3) is 33.6 Å². The summed E-state index contributed by atoms with van der Waals surface area (Å²) in [5, 5.41) is 16.1. The molecule has 1 atom stereocenters. The number of nitrogens with zero attached hydrogens (tertiary/aromatic N) is 4. The lowest BCUT2D eigenvalue weighted by atomic mass is 9.98. The second-order valence-corrected chi connectivity index (χ2v) is 9.36. The fourth-order valence-electron chi connectivity index (χ4n) is 4.66. The molecule has 3 aromatic carbocycles. The summed E-state index contributed by atoms with van der Waals surface area (Å²) in [5.41, 5.74) is 3.38. The number of hydrogen-bond acceptors (Lipinski definition) is 6. The molecule has 0 spiro atoms. The van der Waals surface area contributed by atoms with E-state index in [2.05, 4.69) is 58.4 Å². The minimum Gasteiger partial charge on any atom is -0.490 e.